The third kappa shape index (κ3) is 9.90. The van der Waals surface area contributed by atoms with E-state index in [-0.39, 0.29) is 13.0 Å². The third-order valence-electron chi connectivity index (χ3n) is 5.08. The van der Waals surface area contributed by atoms with Crippen LogP contribution in [0, 0.1) is 0 Å². The van der Waals surface area contributed by atoms with Gasteiger partial charge in [0.25, 0.3) is 0 Å². The zero-order valence-electron chi connectivity index (χ0n) is 17.4. The first kappa shape index (κ1) is 24.2. The molecule has 0 aliphatic carbocycles. The molecule has 1 N–H and O–H groups in total. The lowest BCUT2D eigenvalue weighted by Crippen LogP contribution is -2.43. The smallest absolute Gasteiger partial charge is 0.417 e. The quantitative estimate of drug-likeness (QED) is 0.277. The SMILES string of the molecule is CCCCCCCC/C=C\CCCCCCCC(=O)N1C(=O)OC[C@H]1C(=O)O. The molecule has 2 amide bonds. The number of cyclic esters (lactones) is 1. The second-order valence-corrected chi connectivity index (χ2v) is 7.53. The maximum atomic E-state index is 12.1. The van der Waals surface area contributed by atoms with E-state index in [4.69, 9.17) is 5.11 Å². The maximum absolute atomic E-state index is 12.1. The molecule has 0 aromatic heterocycles. The van der Waals surface area contributed by atoms with Gasteiger partial charge < -0.3 is 9.84 Å². The predicted octanol–water partition coefficient (Wildman–Crippen LogP) is 5.46. The van der Waals surface area contributed by atoms with Crippen molar-refractivity contribution < 1.29 is 24.2 Å². The van der Waals surface area contributed by atoms with Gasteiger partial charge in [0, 0.05) is 6.42 Å². The van der Waals surface area contributed by atoms with Gasteiger partial charge in [-0.2, -0.15) is 0 Å². The number of hydrogen-bond acceptors (Lipinski definition) is 4. The molecule has 0 radical (unpaired) electrons. The van der Waals surface area contributed by atoms with Gasteiger partial charge in [0.1, 0.15) is 6.61 Å². The Morgan fingerprint density at radius 3 is 2.07 bits per heavy atom. The van der Waals surface area contributed by atoms with Crippen LogP contribution in [0.4, 0.5) is 4.79 Å². The van der Waals surface area contributed by atoms with Crippen molar-refractivity contribution in [1.29, 1.82) is 0 Å². The minimum atomic E-state index is -1.20. The van der Waals surface area contributed by atoms with E-state index < -0.39 is 24.0 Å². The van der Waals surface area contributed by atoms with Crippen molar-refractivity contribution in [2.75, 3.05) is 6.61 Å². The van der Waals surface area contributed by atoms with E-state index >= 15 is 0 Å². The van der Waals surface area contributed by atoms with Crippen molar-refractivity contribution in [2.24, 2.45) is 0 Å². The highest BCUT2D eigenvalue weighted by atomic mass is 16.6. The molecule has 0 aromatic rings. The molecule has 0 spiro atoms. The molecule has 1 aliphatic rings. The summed E-state index contributed by atoms with van der Waals surface area (Å²) < 4.78 is 4.67. The summed E-state index contributed by atoms with van der Waals surface area (Å²) in [7, 11) is 0. The Morgan fingerprint density at radius 1 is 0.964 bits per heavy atom. The Labute approximate surface area is 169 Å². The van der Waals surface area contributed by atoms with Gasteiger partial charge >= 0.3 is 12.1 Å². The van der Waals surface area contributed by atoms with Crippen molar-refractivity contribution in [3.8, 4) is 0 Å². The highest BCUT2D eigenvalue weighted by Crippen LogP contribution is 2.16. The number of nitrogens with zero attached hydrogens (tertiary/aromatic N) is 1. The first-order chi connectivity index (χ1) is 13.6. The van der Waals surface area contributed by atoms with E-state index in [9.17, 15) is 14.4 Å². The number of rotatable bonds is 16. The van der Waals surface area contributed by atoms with Gasteiger partial charge in [-0.05, 0) is 32.1 Å². The molecule has 6 nitrogen and oxygen atoms in total. The average molecular weight is 396 g/mol. The van der Waals surface area contributed by atoms with Crippen LogP contribution >= 0.6 is 0 Å². The lowest BCUT2D eigenvalue weighted by Gasteiger charge is -2.15. The molecule has 6 heteroatoms. The number of carbonyl (C=O) groups is 3. The largest absolute Gasteiger partial charge is 0.480 e. The monoisotopic (exact) mass is 395 g/mol. The summed E-state index contributed by atoms with van der Waals surface area (Å²) in [6.07, 6.45) is 19.1. The Kier molecular flexibility index (Phi) is 13.1. The molecule has 1 saturated heterocycles. The molecular formula is C22H37NO5. The van der Waals surface area contributed by atoms with Crippen LogP contribution in [-0.4, -0.2) is 40.6 Å². The van der Waals surface area contributed by atoms with E-state index in [0.717, 1.165) is 37.0 Å². The lowest BCUT2D eigenvalue weighted by molar-refractivity contribution is -0.146. The number of imide groups is 1. The molecule has 28 heavy (non-hydrogen) atoms. The van der Waals surface area contributed by atoms with Crippen LogP contribution in [0.1, 0.15) is 96.8 Å². The number of unbranched alkanes of at least 4 members (excludes halogenated alkanes) is 11. The van der Waals surface area contributed by atoms with Crippen molar-refractivity contribution >= 4 is 18.0 Å². The zero-order chi connectivity index (χ0) is 20.6. The van der Waals surface area contributed by atoms with Crippen molar-refractivity contribution in [2.45, 2.75) is 103 Å². The molecule has 0 saturated carbocycles. The Hall–Kier alpha value is -1.85. The summed E-state index contributed by atoms with van der Waals surface area (Å²) in [4.78, 5) is 35.4. The first-order valence-corrected chi connectivity index (χ1v) is 10.9. The molecule has 1 fully saturated rings. The lowest BCUT2D eigenvalue weighted by atomic mass is 10.1. The second-order valence-electron chi connectivity index (χ2n) is 7.53. The van der Waals surface area contributed by atoms with Crippen LogP contribution in [0.3, 0.4) is 0 Å². The van der Waals surface area contributed by atoms with Gasteiger partial charge in [-0.3, -0.25) is 4.79 Å². The van der Waals surface area contributed by atoms with E-state index in [1.54, 1.807) is 0 Å². The van der Waals surface area contributed by atoms with Crippen LogP contribution in [0.2, 0.25) is 0 Å². The minimum Gasteiger partial charge on any atom is -0.480 e. The number of ether oxygens (including phenoxy) is 1. The molecule has 0 bridgehead atoms. The summed E-state index contributed by atoms with van der Waals surface area (Å²) in [6.45, 7) is 1.98. The summed E-state index contributed by atoms with van der Waals surface area (Å²) in [5.74, 6) is -1.66. The van der Waals surface area contributed by atoms with Crippen molar-refractivity contribution in [3.63, 3.8) is 0 Å². The number of amides is 2. The summed E-state index contributed by atoms with van der Waals surface area (Å²) in [6, 6.07) is -1.18. The Bertz CT molecular complexity index is 503. The standard InChI is InChI=1S/C22H37NO5/c1-2-3-4-5-6-7-8-9-10-11-12-13-14-15-16-17-20(24)23-19(21(25)26)18-28-22(23)27/h9-10,19H,2-8,11-18H2,1H3,(H,25,26)/b10-9-/t19-/m0/s1. The average Bonchev–Trinajstić information content (AvgIpc) is 3.06. The summed E-state index contributed by atoms with van der Waals surface area (Å²) >= 11 is 0. The van der Waals surface area contributed by atoms with Gasteiger partial charge in [0.15, 0.2) is 6.04 Å². The highest BCUT2D eigenvalue weighted by Gasteiger charge is 2.41. The van der Waals surface area contributed by atoms with E-state index in [1.807, 2.05) is 0 Å². The molecule has 1 heterocycles. The third-order valence-corrected chi connectivity index (χ3v) is 5.08. The maximum Gasteiger partial charge on any atom is 0.417 e. The fourth-order valence-corrected chi connectivity index (χ4v) is 3.35. The van der Waals surface area contributed by atoms with Gasteiger partial charge in [0.2, 0.25) is 5.91 Å². The number of hydrogen-bond donors (Lipinski definition) is 1. The molecule has 1 aliphatic heterocycles. The van der Waals surface area contributed by atoms with Crippen LogP contribution in [0.15, 0.2) is 12.2 Å². The summed E-state index contributed by atoms with van der Waals surface area (Å²) in [5.41, 5.74) is 0. The van der Waals surface area contributed by atoms with Crippen LogP contribution in [0.25, 0.3) is 0 Å². The molecule has 0 unspecified atom stereocenters. The number of allylic oxidation sites excluding steroid dienone is 2. The van der Waals surface area contributed by atoms with Gasteiger partial charge in [-0.25, -0.2) is 14.5 Å². The topological polar surface area (TPSA) is 83.9 Å². The van der Waals surface area contributed by atoms with E-state index in [0.29, 0.717) is 6.42 Å². The number of aliphatic carboxylic acids is 1. The molecule has 1 atom stereocenters. The number of carboxylic acids is 1. The van der Waals surface area contributed by atoms with Gasteiger partial charge in [-0.1, -0.05) is 70.4 Å². The number of carboxylic acid groups (broad SMARTS) is 1. The zero-order valence-corrected chi connectivity index (χ0v) is 17.4. The Balaban J connectivity index is 1.96. The highest BCUT2D eigenvalue weighted by molar-refractivity contribution is 5.98. The first-order valence-electron chi connectivity index (χ1n) is 10.9. The second kappa shape index (κ2) is 15.1. The fourth-order valence-electron chi connectivity index (χ4n) is 3.35. The van der Waals surface area contributed by atoms with Crippen LogP contribution in [-0.2, 0) is 14.3 Å². The molecular weight excluding hydrogens is 358 g/mol. The number of carbonyl (C=O) groups excluding carboxylic acids is 2. The van der Waals surface area contributed by atoms with Crippen molar-refractivity contribution in [3.05, 3.63) is 12.2 Å². The van der Waals surface area contributed by atoms with Gasteiger partial charge in [-0.15, -0.1) is 0 Å². The fraction of sp³-hybridized carbons (Fsp3) is 0.773. The summed E-state index contributed by atoms with van der Waals surface area (Å²) in [5, 5.41) is 9.02. The van der Waals surface area contributed by atoms with E-state index in [1.165, 1.54) is 44.9 Å². The van der Waals surface area contributed by atoms with Crippen LogP contribution < -0.4 is 0 Å². The Morgan fingerprint density at radius 2 is 1.50 bits per heavy atom. The molecule has 160 valence electrons. The van der Waals surface area contributed by atoms with Gasteiger partial charge in [0.05, 0.1) is 0 Å². The van der Waals surface area contributed by atoms with E-state index in [2.05, 4.69) is 23.8 Å². The minimum absolute atomic E-state index is 0.192. The van der Waals surface area contributed by atoms with Crippen LogP contribution in [0.5, 0.6) is 0 Å². The molecule has 0 aromatic carbocycles. The predicted molar refractivity (Wildman–Crippen MR) is 109 cm³/mol. The normalized spacial score (nSPS) is 16.7. The van der Waals surface area contributed by atoms with Crippen molar-refractivity contribution in [1.82, 2.24) is 4.90 Å². The molecule has 1 rings (SSSR count).